The molecule has 1 saturated heterocycles. The predicted octanol–water partition coefficient (Wildman–Crippen LogP) is 1.54. The molecule has 1 aliphatic heterocycles. The lowest BCUT2D eigenvalue weighted by Crippen LogP contribution is -2.53. The minimum absolute atomic E-state index is 0.131. The van der Waals surface area contributed by atoms with E-state index in [1.165, 1.54) is 11.1 Å². The maximum atomic E-state index is 12.2. The number of aryl methyl sites for hydroxylation is 1. The van der Waals surface area contributed by atoms with Gasteiger partial charge in [0.2, 0.25) is 5.91 Å². The number of likely N-dealkylation sites (N-methyl/N-ethyl adjacent to an activating group) is 1. The standard InChI is InChI=1S/C15H18N2O2/c1-12-4-3-5-13(8-12)6-7-17(2)14(18)15(9-16)10-19-11-15/h3-5,8H,6-7,10-11H2,1-2H3. The van der Waals surface area contributed by atoms with Crippen LogP contribution in [-0.2, 0) is 16.0 Å². The maximum absolute atomic E-state index is 12.2. The molecule has 1 aliphatic rings. The van der Waals surface area contributed by atoms with Gasteiger partial charge in [-0.05, 0) is 18.9 Å². The molecule has 19 heavy (non-hydrogen) atoms. The molecule has 0 N–H and O–H groups in total. The Labute approximate surface area is 113 Å². The highest BCUT2D eigenvalue weighted by Crippen LogP contribution is 2.28. The van der Waals surface area contributed by atoms with Crippen molar-refractivity contribution in [3.63, 3.8) is 0 Å². The van der Waals surface area contributed by atoms with Crippen LogP contribution in [0.2, 0.25) is 0 Å². The van der Waals surface area contributed by atoms with Crippen LogP contribution in [0.4, 0.5) is 0 Å². The van der Waals surface area contributed by atoms with Crippen LogP contribution in [0.5, 0.6) is 0 Å². The first-order valence-electron chi connectivity index (χ1n) is 6.37. The van der Waals surface area contributed by atoms with Crippen LogP contribution in [0.25, 0.3) is 0 Å². The van der Waals surface area contributed by atoms with Crippen molar-refractivity contribution >= 4 is 5.91 Å². The Morgan fingerprint density at radius 2 is 2.26 bits per heavy atom. The summed E-state index contributed by atoms with van der Waals surface area (Å²) < 4.78 is 5.01. The second-order valence-electron chi connectivity index (χ2n) is 5.15. The lowest BCUT2D eigenvalue weighted by Gasteiger charge is -2.36. The Hall–Kier alpha value is -1.86. The van der Waals surface area contributed by atoms with Gasteiger partial charge in [0.15, 0.2) is 5.41 Å². The molecule has 4 heteroatoms. The van der Waals surface area contributed by atoms with E-state index < -0.39 is 5.41 Å². The molecule has 0 spiro atoms. The summed E-state index contributed by atoms with van der Waals surface area (Å²) in [4.78, 5) is 13.8. The van der Waals surface area contributed by atoms with Gasteiger partial charge in [-0.2, -0.15) is 5.26 Å². The Morgan fingerprint density at radius 1 is 1.53 bits per heavy atom. The molecule has 0 aliphatic carbocycles. The topological polar surface area (TPSA) is 53.3 Å². The predicted molar refractivity (Wildman–Crippen MR) is 71.4 cm³/mol. The molecule has 2 rings (SSSR count). The molecule has 0 saturated carbocycles. The second-order valence-corrected chi connectivity index (χ2v) is 5.15. The monoisotopic (exact) mass is 258 g/mol. The van der Waals surface area contributed by atoms with Gasteiger partial charge in [-0.15, -0.1) is 0 Å². The van der Waals surface area contributed by atoms with Crippen LogP contribution < -0.4 is 0 Å². The Balaban J connectivity index is 1.93. The molecular weight excluding hydrogens is 240 g/mol. The summed E-state index contributed by atoms with van der Waals surface area (Å²) in [5.74, 6) is -0.131. The average molecular weight is 258 g/mol. The molecule has 1 amide bonds. The Morgan fingerprint density at radius 3 is 2.79 bits per heavy atom. The lowest BCUT2D eigenvalue weighted by molar-refractivity contribution is -0.159. The van der Waals surface area contributed by atoms with Crippen molar-refractivity contribution in [3.8, 4) is 6.07 Å². The van der Waals surface area contributed by atoms with E-state index in [2.05, 4.69) is 31.2 Å². The van der Waals surface area contributed by atoms with E-state index in [4.69, 9.17) is 10.00 Å². The number of nitriles is 1. The number of carbonyl (C=O) groups excluding carboxylic acids is 1. The zero-order chi connectivity index (χ0) is 13.9. The highest BCUT2D eigenvalue weighted by molar-refractivity contribution is 5.86. The van der Waals surface area contributed by atoms with Crippen molar-refractivity contribution in [2.24, 2.45) is 5.41 Å². The Kier molecular flexibility index (Phi) is 3.87. The number of hydrogen-bond donors (Lipinski definition) is 0. The molecule has 0 radical (unpaired) electrons. The SMILES string of the molecule is Cc1cccc(CCN(C)C(=O)C2(C#N)COC2)c1. The fraction of sp³-hybridized carbons (Fsp3) is 0.467. The van der Waals surface area contributed by atoms with Crippen molar-refractivity contribution in [1.82, 2.24) is 4.90 Å². The van der Waals surface area contributed by atoms with E-state index in [1.54, 1.807) is 11.9 Å². The normalized spacial score (nSPS) is 16.3. The molecule has 0 atom stereocenters. The summed E-state index contributed by atoms with van der Waals surface area (Å²) in [5, 5.41) is 9.10. The minimum Gasteiger partial charge on any atom is -0.377 e. The molecule has 0 unspecified atom stereocenters. The number of rotatable bonds is 4. The summed E-state index contributed by atoms with van der Waals surface area (Å²) >= 11 is 0. The fourth-order valence-corrected chi connectivity index (χ4v) is 2.17. The van der Waals surface area contributed by atoms with Crippen LogP contribution in [0.3, 0.4) is 0 Å². The highest BCUT2D eigenvalue weighted by Gasteiger charge is 2.47. The van der Waals surface area contributed by atoms with Gasteiger partial charge >= 0.3 is 0 Å². The van der Waals surface area contributed by atoms with Gasteiger partial charge in [0.1, 0.15) is 0 Å². The van der Waals surface area contributed by atoms with Gasteiger partial charge in [-0.25, -0.2) is 0 Å². The van der Waals surface area contributed by atoms with Crippen LogP contribution in [0, 0.1) is 23.7 Å². The van der Waals surface area contributed by atoms with Crippen LogP contribution in [0.1, 0.15) is 11.1 Å². The summed E-state index contributed by atoms with van der Waals surface area (Å²) in [5.41, 5.74) is 1.48. The van der Waals surface area contributed by atoms with E-state index >= 15 is 0 Å². The maximum Gasteiger partial charge on any atom is 0.247 e. The van der Waals surface area contributed by atoms with Gasteiger partial charge in [-0.1, -0.05) is 29.8 Å². The largest absolute Gasteiger partial charge is 0.377 e. The van der Waals surface area contributed by atoms with Crippen molar-refractivity contribution in [2.75, 3.05) is 26.8 Å². The van der Waals surface area contributed by atoms with Crippen molar-refractivity contribution in [2.45, 2.75) is 13.3 Å². The minimum atomic E-state index is -0.943. The third-order valence-electron chi connectivity index (χ3n) is 3.49. The van der Waals surface area contributed by atoms with Crippen molar-refractivity contribution in [1.29, 1.82) is 5.26 Å². The van der Waals surface area contributed by atoms with E-state index in [0.29, 0.717) is 6.54 Å². The van der Waals surface area contributed by atoms with E-state index in [-0.39, 0.29) is 19.1 Å². The smallest absolute Gasteiger partial charge is 0.247 e. The first-order valence-corrected chi connectivity index (χ1v) is 6.37. The van der Waals surface area contributed by atoms with Gasteiger partial charge < -0.3 is 9.64 Å². The average Bonchev–Trinajstić information content (AvgIpc) is 2.35. The quantitative estimate of drug-likeness (QED) is 0.823. The highest BCUT2D eigenvalue weighted by atomic mass is 16.5. The zero-order valence-corrected chi connectivity index (χ0v) is 11.3. The molecule has 0 aromatic heterocycles. The Bertz CT molecular complexity index is 515. The van der Waals surface area contributed by atoms with Gasteiger partial charge in [0.05, 0.1) is 19.3 Å². The zero-order valence-electron chi connectivity index (χ0n) is 11.3. The number of ether oxygens (including phenoxy) is 1. The molecule has 4 nitrogen and oxygen atoms in total. The number of amides is 1. The van der Waals surface area contributed by atoms with Crippen molar-refractivity contribution in [3.05, 3.63) is 35.4 Å². The molecule has 100 valence electrons. The van der Waals surface area contributed by atoms with E-state index in [1.807, 2.05) is 6.07 Å². The molecule has 1 aromatic carbocycles. The number of carbonyl (C=O) groups is 1. The molecule has 1 heterocycles. The number of benzene rings is 1. The fourth-order valence-electron chi connectivity index (χ4n) is 2.17. The van der Waals surface area contributed by atoms with Gasteiger partial charge in [0, 0.05) is 13.6 Å². The van der Waals surface area contributed by atoms with Crippen LogP contribution in [0.15, 0.2) is 24.3 Å². The van der Waals surface area contributed by atoms with Gasteiger partial charge in [-0.3, -0.25) is 4.79 Å². The number of nitrogens with zero attached hydrogens (tertiary/aromatic N) is 2. The second kappa shape index (κ2) is 5.41. The lowest BCUT2D eigenvalue weighted by atomic mass is 9.86. The van der Waals surface area contributed by atoms with Gasteiger partial charge in [0.25, 0.3) is 0 Å². The third-order valence-corrected chi connectivity index (χ3v) is 3.49. The molecule has 1 aromatic rings. The van der Waals surface area contributed by atoms with Crippen molar-refractivity contribution < 1.29 is 9.53 Å². The molecule has 0 bridgehead atoms. The summed E-state index contributed by atoms with van der Waals surface area (Å²) in [7, 11) is 1.75. The van der Waals surface area contributed by atoms with Crippen LogP contribution >= 0.6 is 0 Å². The first-order chi connectivity index (χ1) is 9.07. The summed E-state index contributed by atoms with van der Waals surface area (Å²) in [6.45, 7) is 3.11. The molecular formula is C15H18N2O2. The van der Waals surface area contributed by atoms with Crippen LogP contribution in [-0.4, -0.2) is 37.6 Å². The van der Waals surface area contributed by atoms with E-state index in [9.17, 15) is 4.79 Å². The third kappa shape index (κ3) is 2.77. The number of hydrogen-bond acceptors (Lipinski definition) is 3. The molecule has 1 fully saturated rings. The van der Waals surface area contributed by atoms with E-state index in [0.717, 1.165) is 6.42 Å². The summed E-state index contributed by atoms with van der Waals surface area (Å²) in [6.07, 6.45) is 0.798. The summed E-state index contributed by atoms with van der Waals surface area (Å²) in [6, 6.07) is 10.3. The first kappa shape index (κ1) is 13.6.